The zero-order valence-corrected chi connectivity index (χ0v) is 13.6. The molecule has 0 N–H and O–H groups in total. The van der Waals surface area contributed by atoms with E-state index < -0.39 is 9.04 Å². The molecule has 0 aliphatic rings. The largest absolute Gasteiger partial charge is 0.410 e. The maximum absolute atomic E-state index is 13.9. The predicted octanol–water partition coefficient (Wildman–Crippen LogP) is 4.94. The van der Waals surface area contributed by atoms with Crippen LogP contribution < -0.4 is 0 Å². The van der Waals surface area contributed by atoms with Crippen molar-refractivity contribution in [3.63, 3.8) is 0 Å². The fraction of sp³-hybridized carbons (Fsp3) is 0.538. The topological polar surface area (TPSA) is 9.23 Å². The van der Waals surface area contributed by atoms with Crippen LogP contribution in [-0.4, -0.2) is 9.04 Å². The van der Waals surface area contributed by atoms with Crippen LogP contribution in [0.4, 0.5) is 4.39 Å². The van der Waals surface area contributed by atoms with E-state index >= 15 is 0 Å². The van der Waals surface area contributed by atoms with E-state index in [1.54, 1.807) is 6.07 Å². The molecule has 1 aromatic carbocycles. The fourth-order valence-corrected chi connectivity index (χ4v) is 2.99. The zero-order chi connectivity index (χ0) is 13.2. The van der Waals surface area contributed by atoms with E-state index in [-0.39, 0.29) is 17.3 Å². The first-order valence-electron chi connectivity index (χ1n) is 5.63. The van der Waals surface area contributed by atoms with Gasteiger partial charge < -0.3 is 4.43 Å². The van der Waals surface area contributed by atoms with Crippen molar-refractivity contribution in [1.82, 2.24) is 0 Å². The summed E-state index contributed by atoms with van der Waals surface area (Å²) in [5.74, 6) is -0.198. The maximum atomic E-state index is 13.9. The van der Waals surface area contributed by atoms with Crippen molar-refractivity contribution < 1.29 is 8.82 Å². The van der Waals surface area contributed by atoms with Crippen LogP contribution in [0.25, 0.3) is 0 Å². The lowest BCUT2D eigenvalue weighted by molar-refractivity contribution is 0.0831. The van der Waals surface area contributed by atoms with Gasteiger partial charge in [0.15, 0.2) is 0 Å². The molecule has 1 radical (unpaired) electrons. The van der Waals surface area contributed by atoms with E-state index in [4.69, 9.17) is 4.43 Å². The van der Waals surface area contributed by atoms with E-state index in [2.05, 4.69) is 49.8 Å². The van der Waals surface area contributed by atoms with E-state index in [0.29, 0.717) is 5.56 Å². The third-order valence-electron chi connectivity index (χ3n) is 2.38. The normalized spacial score (nSPS) is 14.1. The second-order valence-corrected chi connectivity index (χ2v) is 8.41. The Bertz CT molecular complexity index is 387. The van der Waals surface area contributed by atoms with Gasteiger partial charge in [-0.25, -0.2) is 4.39 Å². The predicted molar refractivity (Wildman–Crippen MR) is 74.9 cm³/mol. The molecule has 0 saturated carbocycles. The molecular weight excluding hydrogens is 299 g/mol. The lowest BCUT2D eigenvalue weighted by atomic mass is 9.84. The van der Waals surface area contributed by atoms with Crippen molar-refractivity contribution in [1.29, 1.82) is 0 Å². The molecule has 0 saturated heterocycles. The molecule has 0 aliphatic heterocycles. The van der Waals surface area contributed by atoms with Crippen LogP contribution in [0.2, 0.25) is 13.1 Å². The summed E-state index contributed by atoms with van der Waals surface area (Å²) in [5, 5.41) is 0. The van der Waals surface area contributed by atoms with Crippen molar-refractivity contribution in [2.75, 3.05) is 0 Å². The fourth-order valence-electron chi connectivity index (χ4n) is 1.66. The highest BCUT2D eigenvalue weighted by atomic mass is 79.9. The Hall–Kier alpha value is -0.193. The zero-order valence-electron chi connectivity index (χ0n) is 11.0. The minimum absolute atomic E-state index is 0.121. The number of hydrogen-bond acceptors (Lipinski definition) is 1. The molecule has 1 unspecified atom stereocenters. The Morgan fingerprint density at radius 1 is 1.29 bits per heavy atom. The van der Waals surface area contributed by atoms with Crippen molar-refractivity contribution in [3.8, 4) is 0 Å². The number of benzene rings is 1. The molecule has 1 aromatic rings. The van der Waals surface area contributed by atoms with Crippen LogP contribution >= 0.6 is 15.9 Å². The van der Waals surface area contributed by atoms with Gasteiger partial charge in [0.25, 0.3) is 0 Å². The summed E-state index contributed by atoms with van der Waals surface area (Å²) in [4.78, 5) is 0. The van der Waals surface area contributed by atoms with Crippen LogP contribution in [0.3, 0.4) is 0 Å². The van der Waals surface area contributed by atoms with Gasteiger partial charge in [-0.3, -0.25) is 0 Å². The molecule has 0 spiro atoms. The summed E-state index contributed by atoms with van der Waals surface area (Å²) in [6.45, 7) is 10.4. The molecule has 1 nitrogen and oxygen atoms in total. The molecule has 0 heterocycles. The SMILES string of the molecule is C[Si](C)OC(c1cc(Br)ccc1F)C(C)(C)C. The summed E-state index contributed by atoms with van der Waals surface area (Å²) in [6, 6.07) is 5.01. The minimum Gasteiger partial charge on any atom is -0.410 e. The van der Waals surface area contributed by atoms with Crippen molar-refractivity contribution in [2.24, 2.45) is 5.41 Å². The third-order valence-corrected chi connectivity index (χ3v) is 3.58. The van der Waals surface area contributed by atoms with Gasteiger partial charge in [-0.15, -0.1) is 0 Å². The maximum Gasteiger partial charge on any atom is 0.205 e. The smallest absolute Gasteiger partial charge is 0.205 e. The van der Waals surface area contributed by atoms with Crippen LogP contribution in [0.15, 0.2) is 22.7 Å². The highest BCUT2D eigenvalue weighted by molar-refractivity contribution is 9.10. The van der Waals surface area contributed by atoms with Crippen LogP contribution in [0, 0.1) is 11.2 Å². The molecule has 0 aromatic heterocycles. The second-order valence-electron chi connectivity index (χ2n) is 5.44. The lowest BCUT2D eigenvalue weighted by Gasteiger charge is -2.33. The third kappa shape index (κ3) is 4.19. The van der Waals surface area contributed by atoms with Gasteiger partial charge in [0, 0.05) is 10.0 Å². The number of rotatable bonds is 3. The molecule has 1 atom stereocenters. The molecule has 17 heavy (non-hydrogen) atoms. The number of halogens is 2. The van der Waals surface area contributed by atoms with Crippen LogP contribution in [0.1, 0.15) is 32.4 Å². The summed E-state index contributed by atoms with van der Waals surface area (Å²) >= 11 is 3.38. The average Bonchev–Trinajstić information content (AvgIpc) is 2.16. The van der Waals surface area contributed by atoms with Gasteiger partial charge in [0.2, 0.25) is 9.04 Å². The molecular formula is C13H19BrFOSi. The van der Waals surface area contributed by atoms with Crippen molar-refractivity contribution in [3.05, 3.63) is 34.1 Å². The van der Waals surface area contributed by atoms with Gasteiger partial charge in [-0.2, -0.15) is 0 Å². The summed E-state index contributed by atoms with van der Waals surface area (Å²) < 4.78 is 20.8. The average molecular weight is 318 g/mol. The van der Waals surface area contributed by atoms with Gasteiger partial charge >= 0.3 is 0 Å². The Morgan fingerprint density at radius 3 is 2.35 bits per heavy atom. The Morgan fingerprint density at radius 2 is 1.88 bits per heavy atom. The summed E-state index contributed by atoms with van der Waals surface area (Å²) in [5.41, 5.74) is 0.516. The van der Waals surface area contributed by atoms with Crippen molar-refractivity contribution in [2.45, 2.75) is 40.0 Å². The van der Waals surface area contributed by atoms with Crippen LogP contribution in [0.5, 0.6) is 0 Å². The second kappa shape index (κ2) is 5.63. The standard InChI is InChI=1S/C13H19BrFOSi/c1-13(2,3)12(16-17(4)5)10-8-9(14)6-7-11(10)15/h6-8,12H,1-5H3. The monoisotopic (exact) mass is 317 g/mol. The van der Waals surface area contributed by atoms with E-state index in [1.165, 1.54) is 6.07 Å². The van der Waals surface area contributed by atoms with Crippen molar-refractivity contribution >= 4 is 25.0 Å². The van der Waals surface area contributed by atoms with Gasteiger partial charge in [-0.1, -0.05) is 36.7 Å². The van der Waals surface area contributed by atoms with Gasteiger partial charge in [0.05, 0.1) is 6.10 Å². The Balaban J connectivity index is 3.17. The first-order chi connectivity index (χ1) is 7.71. The summed E-state index contributed by atoms with van der Waals surface area (Å²) in [6.07, 6.45) is -0.205. The first-order valence-corrected chi connectivity index (χ1v) is 8.83. The van der Waals surface area contributed by atoms with E-state index in [9.17, 15) is 4.39 Å². The highest BCUT2D eigenvalue weighted by Gasteiger charge is 2.30. The van der Waals surface area contributed by atoms with E-state index in [0.717, 1.165) is 4.47 Å². The summed E-state index contributed by atoms with van der Waals surface area (Å²) in [7, 11) is -0.874. The lowest BCUT2D eigenvalue weighted by Crippen LogP contribution is -2.26. The molecule has 0 aliphatic carbocycles. The van der Waals surface area contributed by atoms with E-state index in [1.807, 2.05) is 6.07 Å². The number of hydrogen-bond donors (Lipinski definition) is 0. The quantitative estimate of drug-likeness (QED) is 0.717. The molecule has 0 bridgehead atoms. The highest BCUT2D eigenvalue weighted by Crippen LogP contribution is 2.38. The van der Waals surface area contributed by atoms with Gasteiger partial charge in [0.1, 0.15) is 5.82 Å². The molecule has 95 valence electrons. The Labute approximate surface area is 113 Å². The van der Waals surface area contributed by atoms with Gasteiger partial charge in [-0.05, 0) is 36.7 Å². The molecule has 1 rings (SSSR count). The molecule has 0 fully saturated rings. The first kappa shape index (κ1) is 14.9. The van der Waals surface area contributed by atoms with Crippen LogP contribution in [-0.2, 0) is 4.43 Å². The Kier molecular flexibility index (Phi) is 4.92. The minimum atomic E-state index is -0.874. The molecule has 0 amide bonds. The molecule has 4 heteroatoms.